The number of hydrogen-bond donors (Lipinski definition) is 0. The Hall–Kier alpha value is -2.85. The maximum absolute atomic E-state index is 10.9. The summed E-state index contributed by atoms with van der Waals surface area (Å²) in [6, 6.07) is 13.2. The predicted molar refractivity (Wildman–Crippen MR) is 131 cm³/mol. The van der Waals surface area contributed by atoms with E-state index in [4.69, 9.17) is 37.4 Å². The van der Waals surface area contributed by atoms with Gasteiger partial charge in [-0.25, -0.2) is 9.67 Å². The van der Waals surface area contributed by atoms with Crippen molar-refractivity contribution in [2.45, 2.75) is 18.4 Å². The number of ether oxygens (including phenoxy) is 3. The van der Waals surface area contributed by atoms with Crippen LogP contribution in [0.4, 0.5) is 5.69 Å². The molecule has 2 aromatic carbocycles. The zero-order valence-electron chi connectivity index (χ0n) is 18.9. The van der Waals surface area contributed by atoms with Gasteiger partial charge in [0.15, 0.2) is 0 Å². The molecule has 9 nitrogen and oxygen atoms in total. The van der Waals surface area contributed by atoms with Gasteiger partial charge >= 0.3 is 0 Å². The van der Waals surface area contributed by atoms with E-state index in [1.165, 1.54) is 6.33 Å². The van der Waals surface area contributed by atoms with Crippen molar-refractivity contribution >= 4 is 35.3 Å². The van der Waals surface area contributed by atoms with Gasteiger partial charge in [-0.3, -0.25) is 4.79 Å². The van der Waals surface area contributed by atoms with Gasteiger partial charge in [-0.1, -0.05) is 29.3 Å². The van der Waals surface area contributed by atoms with Crippen molar-refractivity contribution in [1.82, 2.24) is 19.7 Å². The van der Waals surface area contributed by atoms with Gasteiger partial charge in [0.25, 0.3) is 0 Å². The average Bonchev–Trinajstić information content (AvgIpc) is 3.54. The summed E-state index contributed by atoms with van der Waals surface area (Å²) in [6.45, 7) is 4.00. The fraction of sp³-hybridized carbons (Fsp3) is 0.375. The van der Waals surface area contributed by atoms with E-state index in [0.717, 1.165) is 44.0 Å². The molecule has 11 heteroatoms. The van der Waals surface area contributed by atoms with Crippen LogP contribution >= 0.6 is 23.2 Å². The Kier molecular flexibility index (Phi) is 7.10. The highest BCUT2D eigenvalue weighted by Gasteiger charge is 2.45. The highest BCUT2D eigenvalue weighted by Crippen LogP contribution is 2.40. The van der Waals surface area contributed by atoms with E-state index in [0.29, 0.717) is 28.8 Å². The Morgan fingerprint density at radius 2 is 1.91 bits per heavy atom. The summed E-state index contributed by atoms with van der Waals surface area (Å²) in [4.78, 5) is 19.0. The Morgan fingerprint density at radius 3 is 2.60 bits per heavy atom. The normalized spacial score (nSPS) is 22.4. The number of aromatic nitrogens is 3. The van der Waals surface area contributed by atoms with Crippen LogP contribution in [0.2, 0.25) is 10.0 Å². The van der Waals surface area contributed by atoms with E-state index in [9.17, 15) is 4.79 Å². The van der Waals surface area contributed by atoms with Crippen molar-refractivity contribution in [3.8, 4) is 5.75 Å². The summed E-state index contributed by atoms with van der Waals surface area (Å²) in [7, 11) is 0. The number of amides is 1. The largest absolute Gasteiger partial charge is 0.491 e. The number of piperazine rings is 1. The van der Waals surface area contributed by atoms with Gasteiger partial charge in [0.2, 0.25) is 12.2 Å². The zero-order chi connectivity index (χ0) is 24.3. The molecule has 0 saturated carbocycles. The van der Waals surface area contributed by atoms with Crippen LogP contribution < -0.4 is 9.64 Å². The summed E-state index contributed by atoms with van der Waals surface area (Å²) < 4.78 is 20.2. The van der Waals surface area contributed by atoms with Crippen molar-refractivity contribution < 1.29 is 19.0 Å². The van der Waals surface area contributed by atoms with Crippen molar-refractivity contribution in [1.29, 1.82) is 0 Å². The number of carbonyl (C=O) groups is 1. The van der Waals surface area contributed by atoms with Crippen LogP contribution in [0.5, 0.6) is 5.75 Å². The van der Waals surface area contributed by atoms with Crippen LogP contribution in [-0.2, 0) is 26.6 Å². The molecule has 0 N–H and O–H groups in total. The smallest absolute Gasteiger partial charge is 0.217 e. The lowest BCUT2D eigenvalue weighted by Gasteiger charge is -2.34. The van der Waals surface area contributed by atoms with Gasteiger partial charge in [0.1, 0.15) is 37.7 Å². The predicted octanol–water partition coefficient (Wildman–Crippen LogP) is 3.21. The van der Waals surface area contributed by atoms with Crippen LogP contribution in [0, 0.1) is 0 Å². The fourth-order valence-corrected chi connectivity index (χ4v) is 4.86. The van der Waals surface area contributed by atoms with Gasteiger partial charge in [0.05, 0.1) is 11.6 Å². The molecule has 0 spiro atoms. The molecule has 1 amide bonds. The Morgan fingerprint density at radius 1 is 1.11 bits per heavy atom. The van der Waals surface area contributed by atoms with E-state index in [-0.39, 0.29) is 12.6 Å². The maximum atomic E-state index is 10.9. The molecular formula is C24H25Cl2N5O4. The molecule has 0 unspecified atom stereocenters. The van der Waals surface area contributed by atoms with Gasteiger partial charge in [-0.2, -0.15) is 5.10 Å². The summed E-state index contributed by atoms with van der Waals surface area (Å²) >= 11 is 12.6. The van der Waals surface area contributed by atoms with E-state index in [1.807, 2.05) is 24.3 Å². The van der Waals surface area contributed by atoms with Gasteiger partial charge < -0.3 is 24.0 Å². The first-order valence-corrected chi connectivity index (χ1v) is 12.1. The average molecular weight is 518 g/mol. The molecular weight excluding hydrogens is 493 g/mol. The third-order valence-corrected chi connectivity index (χ3v) is 6.69. The first-order chi connectivity index (χ1) is 17.0. The summed E-state index contributed by atoms with van der Waals surface area (Å²) in [5.41, 5.74) is 1.77. The molecule has 2 aliphatic rings. The van der Waals surface area contributed by atoms with Gasteiger partial charge in [0, 0.05) is 42.5 Å². The first-order valence-electron chi connectivity index (χ1n) is 11.3. The highest BCUT2D eigenvalue weighted by molar-refractivity contribution is 6.35. The molecule has 1 aromatic heterocycles. The second kappa shape index (κ2) is 10.4. The lowest BCUT2D eigenvalue weighted by molar-refractivity contribution is -0.190. The van der Waals surface area contributed by atoms with Crippen LogP contribution in [0.3, 0.4) is 0 Å². The molecule has 0 bridgehead atoms. The number of benzene rings is 2. The standard InChI is InChI=1S/C24H25Cl2N5O4/c25-18-1-6-22(23(26)11-18)24(14-31-16-27-15-28-31)34-13-21(35-24)12-33-20-4-2-19(3-5-20)30-9-7-29(17-32)8-10-30/h1-6,11,15-17,21H,7-10,12-14H2/t21-,24-/m1/s1. The Labute approximate surface area is 213 Å². The third-order valence-electron chi connectivity index (χ3n) is 6.14. The number of nitrogens with zero attached hydrogens (tertiary/aromatic N) is 5. The maximum Gasteiger partial charge on any atom is 0.217 e. The van der Waals surface area contributed by atoms with Gasteiger partial charge in [-0.15, -0.1) is 0 Å². The molecule has 3 aromatic rings. The van der Waals surface area contributed by atoms with E-state index in [1.54, 1.807) is 34.1 Å². The number of halogens is 2. The van der Waals surface area contributed by atoms with Gasteiger partial charge in [-0.05, 0) is 36.4 Å². The van der Waals surface area contributed by atoms with Crippen LogP contribution in [-0.4, -0.2) is 71.6 Å². The molecule has 2 aliphatic heterocycles. The highest BCUT2D eigenvalue weighted by atomic mass is 35.5. The number of hydrogen-bond acceptors (Lipinski definition) is 7. The molecule has 0 aliphatic carbocycles. The van der Waals surface area contributed by atoms with Crippen molar-refractivity contribution in [2.24, 2.45) is 0 Å². The third kappa shape index (κ3) is 5.38. The molecule has 2 atom stereocenters. The Bertz CT molecular complexity index is 1140. The van der Waals surface area contributed by atoms with Crippen LogP contribution in [0.1, 0.15) is 5.56 Å². The monoisotopic (exact) mass is 517 g/mol. The lowest BCUT2D eigenvalue weighted by Crippen LogP contribution is -2.45. The van der Waals surface area contributed by atoms with Crippen LogP contribution in [0.25, 0.3) is 0 Å². The van der Waals surface area contributed by atoms with Crippen LogP contribution in [0.15, 0.2) is 55.1 Å². The molecule has 5 rings (SSSR count). The SMILES string of the molecule is O=CN1CCN(c2ccc(OC[C@@H]3CO[C@@](Cn4cncn4)(c4ccc(Cl)cc4Cl)O3)cc2)CC1. The summed E-state index contributed by atoms with van der Waals surface area (Å²) in [5, 5.41) is 5.17. The molecule has 184 valence electrons. The summed E-state index contributed by atoms with van der Waals surface area (Å²) in [6.07, 6.45) is 3.65. The number of anilines is 1. The summed E-state index contributed by atoms with van der Waals surface area (Å²) in [5.74, 6) is -0.404. The Balaban J connectivity index is 1.23. The molecule has 0 radical (unpaired) electrons. The van der Waals surface area contributed by atoms with E-state index < -0.39 is 5.79 Å². The van der Waals surface area contributed by atoms with Crippen molar-refractivity contribution in [2.75, 3.05) is 44.3 Å². The van der Waals surface area contributed by atoms with Crippen molar-refractivity contribution in [3.05, 3.63) is 70.7 Å². The zero-order valence-corrected chi connectivity index (χ0v) is 20.4. The lowest BCUT2D eigenvalue weighted by atomic mass is 10.1. The number of carbonyl (C=O) groups excluding carboxylic acids is 1. The molecule has 2 fully saturated rings. The topological polar surface area (TPSA) is 82.0 Å². The molecule has 3 heterocycles. The van der Waals surface area contributed by atoms with Crippen molar-refractivity contribution in [3.63, 3.8) is 0 Å². The minimum Gasteiger partial charge on any atom is -0.491 e. The fourth-order valence-electron chi connectivity index (χ4n) is 4.31. The minimum absolute atomic E-state index is 0.275. The molecule has 2 saturated heterocycles. The number of rotatable bonds is 8. The first kappa shape index (κ1) is 23.9. The van der Waals surface area contributed by atoms with E-state index >= 15 is 0 Å². The quantitative estimate of drug-likeness (QED) is 0.424. The second-order valence-corrected chi connectivity index (χ2v) is 9.30. The van der Waals surface area contributed by atoms with E-state index in [2.05, 4.69) is 15.0 Å². The molecule has 35 heavy (non-hydrogen) atoms. The second-order valence-electron chi connectivity index (χ2n) is 8.45. The minimum atomic E-state index is -1.14.